The average Bonchev–Trinajstić information content (AvgIpc) is 2.87. The average molecular weight is 417 g/mol. The van der Waals surface area contributed by atoms with Crippen molar-refractivity contribution < 1.29 is 0 Å². The smallest absolute Gasteiger partial charge is 0.183 e. The molecule has 2 rings (SSSR count). The molecule has 0 bridgehead atoms. The Morgan fingerprint density at radius 3 is 2.61 bits per heavy atom. The van der Waals surface area contributed by atoms with Gasteiger partial charge in [-0.15, -0.1) is 0 Å². The number of benzene rings is 1. The summed E-state index contributed by atoms with van der Waals surface area (Å²) >= 11 is 0. The molecule has 0 radical (unpaired) electrons. The minimum atomic E-state index is -0.0535. The largest absolute Gasteiger partial charge is 0.379 e. The minimum Gasteiger partial charge on any atom is -0.379 e. The maximum atomic E-state index is 12.5. The van der Waals surface area contributed by atoms with Crippen LogP contribution in [0.15, 0.2) is 82.1 Å². The molecule has 31 heavy (non-hydrogen) atoms. The van der Waals surface area contributed by atoms with Crippen molar-refractivity contribution in [2.45, 2.75) is 40.7 Å². The van der Waals surface area contributed by atoms with E-state index >= 15 is 0 Å². The summed E-state index contributed by atoms with van der Waals surface area (Å²) in [6, 6.07) is 11.5. The van der Waals surface area contributed by atoms with Crippen molar-refractivity contribution >= 4 is 17.3 Å². The van der Waals surface area contributed by atoms with Gasteiger partial charge in [-0.05, 0) is 44.9 Å². The summed E-state index contributed by atoms with van der Waals surface area (Å²) in [4.78, 5) is 21.6. The van der Waals surface area contributed by atoms with Crippen molar-refractivity contribution in [2.24, 2.45) is 4.99 Å². The Hall–Kier alpha value is -3.47. The van der Waals surface area contributed by atoms with E-state index in [1.807, 2.05) is 44.2 Å². The summed E-state index contributed by atoms with van der Waals surface area (Å²) in [6.45, 7) is 12.2. The minimum absolute atomic E-state index is 0.0535. The van der Waals surface area contributed by atoms with Crippen molar-refractivity contribution in [1.82, 2.24) is 4.98 Å². The SMILES string of the molecule is C=C/C=C(\C=C(C)C)C(=NC)Nc1cc(C)c(=O)cc(CNc2ccccc2CC)n1. The molecule has 0 amide bonds. The summed E-state index contributed by atoms with van der Waals surface area (Å²) < 4.78 is 0. The number of para-hydroxylation sites is 1. The van der Waals surface area contributed by atoms with Gasteiger partial charge >= 0.3 is 0 Å². The number of aliphatic imine (C=N–C) groups is 1. The van der Waals surface area contributed by atoms with Crippen LogP contribution in [-0.2, 0) is 13.0 Å². The van der Waals surface area contributed by atoms with E-state index in [1.54, 1.807) is 32.2 Å². The Morgan fingerprint density at radius 2 is 1.97 bits per heavy atom. The number of aromatic nitrogens is 1. The monoisotopic (exact) mass is 416 g/mol. The zero-order valence-corrected chi connectivity index (χ0v) is 19.1. The molecule has 5 nitrogen and oxygen atoms in total. The van der Waals surface area contributed by atoms with Crippen molar-refractivity contribution in [3.8, 4) is 0 Å². The molecule has 2 aromatic rings. The molecule has 0 aliphatic carbocycles. The third-order valence-electron chi connectivity index (χ3n) is 4.65. The van der Waals surface area contributed by atoms with Crippen molar-refractivity contribution in [1.29, 1.82) is 0 Å². The summed E-state index contributed by atoms with van der Waals surface area (Å²) in [6.07, 6.45) is 6.57. The third kappa shape index (κ3) is 7.07. The van der Waals surface area contributed by atoms with E-state index in [1.165, 1.54) is 5.56 Å². The Balaban J connectivity index is 2.38. The fourth-order valence-electron chi connectivity index (χ4n) is 3.11. The van der Waals surface area contributed by atoms with Gasteiger partial charge in [-0.2, -0.15) is 0 Å². The molecule has 0 spiro atoms. The number of amidine groups is 1. The summed E-state index contributed by atoms with van der Waals surface area (Å²) in [5.74, 6) is 1.22. The molecular formula is C26H32N4O. The number of hydrogen-bond donors (Lipinski definition) is 2. The molecule has 1 aromatic carbocycles. The normalized spacial score (nSPS) is 11.6. The highest BCUT2D eigenvalue weighted by Gasteiger charge is 2.08. The van der Waals surface area contributed by atoms with Crippen molar-refractivity contribution in [2.75, 3.05) is 17.7 Å². The molecule has 0 atom stereocenters. The number of allylic oxidation sites excluding steroid dienone is 3. The second-order valence-corrected chi connectivity index (χ2v) is 7.47. The molecule has 5 heteroatoms. The van der Waals surface area contributed by atoms with Gasteiger partial charge in [-0.1, -0.05) is 55.5 Å². The van der Waals surface area contributed by atoms with E-state index in [4.69, 9.17) is 4.98 Å². The van der Waals surface area contributed by atoms with Crippen LogP contribution in [0.2, 0.25) is 0 Å². The van der Waals surface area contributed by atoms with Gasteiger partial charge in [0.2, 0.25) is 0 Å². The lowest BCUT2D eigenvalue weighted by atomic mass is 10.1. The van der Waals surface area contributed by atoms with E-state index in [-0.39, 0.29) is 5.43 Å². The maximum absolute atomic E-state index is 12.5. The number of aryl methyl sites for hydroxylation is 2. The first-order valence-corrected chi connectivity index (χ1v) is 10.4. The molecule has 0 aliphatic rings. The molecule has 2 N–H and O–H groups in total. The number of nitrogens with one attached hydrogen (secondary N) is 2. The number of nitrogens with zero attached hydrogens (tertiary/aromatic N) is 2. The highest BCUT2D eigenvalue weighted by Crippen LogP contribution is 2.17. The molecule has 1 aromatic heterocycles. The zero-order valence-electron chi connectivity index (χ0n) is 19.1. The second-order valence-electron chi connectivity index (χ2n) is 7.47. The highest BCUT2D eigenvalue weighted by molar-refractivity contribution is 6.09. The standard InChI is InChI=1S/C26H32N4O/c1-7-11-21(14-18(3)4)26(27-6)30-25-15-19(5)24(31)16-22(29-25)17-28-23-13-10-9-12-20(23)8-2/h7,9-16,28H,1,8,17H2,2-6H3,(H,27,29,30)/b21-11+. The number of anilines is 2. The zero-order chi connectivity index (χ0) is 22.8. The molecule has 0 fully saturated rings. The van der Waals surface area contributed by atoms with Crippen LogP contribution in [0.4, 0.5) is 11.5 Å². The van der Waals surface area contributed by atoms with Gasteiger partial charge in [0, 0.05) is 29.9 Å². The fourth-order valence-corrected chi connectivity index (χ4v) is 3.11. The lowest BCUT2D eigenvalue weighted by Gasteiger charge is -2.11. The van der Waals surface area contributed by atoms with E-state index < -0.39 is 0 Å². The van der Waals surface area contributed by atoms with Gasteiger partial charge < -0.3 is 10.6 Å². The lowest BCUT2D eigenvalue weighted by Crippen LogP contribution is -2.15. The van der Waals surface area contributed by atoms with Crippen LogP contribution >= 0.6 is 0 Å². The van der Waals surface area contributed by atoms with Crippen molar-refractivity contribution in [3.05, 3.63) is 99.4 Å². The molecule has 0 saturated carbocycles. The van der Waals surface area contributed by atoms with Crippen LogP contribution in [0.1, 0.15) is 37.6 Å². The van der Waals surface area contributed by atoms with E-state index in [2.05, 4.69) is 35.2 Å². The molecule has 162 valence electrons. The molecule has 1 heterocycles. The highest BCUT2D eigenvalue weighted by atomic mass is 16.1. The van der Waals surface area contributed by atoms with Gasteiger partial charge in [0.1, 0.15) is 11.7 Å². The van der Waals surface area contributed by atoms with Gasteiger partial charge in [0.25, 0.3) is 0 Å². The second kappa shape index (κ2) is 11.6. The Bertz CT molecular complexity index is 1080. The number of hydrogen-bond acceptors (Lipinski definition) is 4. The van der Waals surface area contributed by atoms with Crippen LogP contribution in [0, 0.1) is 6.92 Å². The predicted molar refractivity (Wildman–Crippen MR) is 133 cm³/mol. The van der Waals surface area contributed by atoms with Gasteiger partial charge in [-0.25, -0.2) is 4.98 Å². The predicted octanol–water partition coefficient (Wildman–Crippen LogP) is 5.44. The third-order valence-corrected chi connectivity index (χ3v) is 4.65. The van der Waals surface area contributed by atoms with Gasteiger partial charge in [-0.3, -0.25) is 9.79 Å². The summed E-state index contributed by atoms with van der Waals surface area (Å²) in [5.41, 5.74) is 5.51. The van der Waals surface area contributed by atoms with Crippen LogP contribution in [0.5, 0.6) is 0 Å². The van der Waals surface area contributed by atoms with E-state index in [0.717, 1.165) is 23.3 Å². The van der Waals surface area contributed by atoms with Gasteiger partial charge in [0.15, 0.2) is 5.43 Å². The number of rotatable bonds is 8. The first-order chi connectivity index (χ1) is 14.9. The molecular weight excluding hydrogens is 384 g/mol. The van der Waals surface area contributed by atoms with Crippen molar-refractivity contribution in [3.63, 3.8) is 0 Å². The molecule has 0 unspecified atom stereocenters. The van der Waals surface area contributed by atoms with E-state index in [9.17, 15) is 4.79 Å². The maximum Gasteiger partial charge on any atom is 0.183 e. The Labute approximate surface area is 185 Å². The Kier molecular flexibility index (Phi) is 8.94. The summed E-state index contributed by atoms with van der Waals surface area (Å²) in [5, 5.41) is 6.69. The first kappa shape index (κ1) is 23.8. The Morgan fingerprint density at radius 1 is 1.23 bits per heavy atom. The van der Waals surface area contributed by atoms with Crippen LogP contribution in [0.25, 0.3) is 0 Å². The van der Waals surface area contributed by atoms with E-state index in [0.29, 0.717) is 29.5 Å². The molecule has 0 aliphatic heterocycles. The van der Waals surface area contributed by atoms with Crippen LogP contribution in [-0.4, -0.2) is 17.9 Å². The quantitative estimate of drug-likeness (QED) is 0.341. The van der Waals surface area contributed by atoms with Crippen LogP contribution in [0.3, 0.4) is 0 Å². The first-order valence-electron chi connectivity index (χ1n) is 10.4. The summed E-state index contributed by atoms with van der Waals surface area (Å²) in [7, 11) is 1.72. The molecule has 0 saturated heterocycles. The fraction of sp³-hybridized carbons (Fsp3) is 0.269. The van der Waals surface area contributed by atoms with Gasteiger partial charge in [0.05, 0.1) is 12.2 Å². The topological polar surface area (TPSA) is 66.4 Å². The van der Waals surface area contributed by atoms with Crippen LogP contribution < -0.4 is 16.1 Å². The lowest BCUT2D eigenvalue weighted by molar-refractivity contribution is 1.04.